The van der Waals surface area contributed by atoms with Crippen LogP contribution in [0.1, 0.15) is 0 Å². The van der Waals surface area contributed by atoms with Crippen molar-refractivity contribution in [2.45, 2.75) is 0 Å². The van der Waals surface area contributed by atoms with Gasteiger partial charge in [-0.15, -0.1) is 0 Å². The number of methoxy groups -OCH3 is 2. The zero-order valence-electron chi connectivity index (χ0n) is 17.7. The molecule has 0 unspecified atom stereocenters. The number of ether oxygens (including phenoxy) is 3. The number of halogens is 2. The van der Waals surface area contributed by atoms with Gasteiger partial charge in [0.25, 0.3) is 0 Å². The number of hydrogen-bond acceptors (Lipinski definition) is 5. The van der Waals surface area contributed by atoms with Crippen molar-refractivity contribution in [1.29, 1.82) is 0 Å². The minimum Gasteiger partial charge on any atom is -0.493 e. The smallest absolute Gasteiger partial charge is 0.323 e. The molecule has 7 nitrogen and oxygen atoms in total. The Morgan fingerprint density at radius 2 is 1.48 bits per heavy atom. The lowest BCUT2D eigenvalue weighted by atomic mass is 10.1. The summed E-state index contributed by atoms with van der Waals surface area (Å²) in [5, 5.41) is 1.53. The highest BCUT2D eigenvalue weighted by Gasteiger charge is 2.17. The van der Waals surface area contributed by atoms with Crippen LogP contribution < -0.4 is 24.8 Å². The molecule has 4 rings (SSSR count). The van der Waals surface area contributed by atoms with E-state index < -0.39 is 6.03 Å². The number of rotatable bonds is 6. The number of fused-ring (bicyclic) bond motifs is 1. The normalized spacial score (nSPS) is 10.7. The molecule has 1 aromatic heterocycles. The molecular weight excluding hydrogens is 465 g/mol. The predicted molar refractivity (Wildman–Crippen MR) is 130 cm³/mol. The molecule has 0 atom stereocenters. The number of anilines is 2. The van der Waals surface area contributed by atoms with Crippen LogP contribution in [0.2, 0.25) is 10.0 Å². The van der Waals surface area contributed by atoms with Crippen LogP contribution in [0.15, 0.2) is 66.9 Å². The lowest BCUT2D eigenvalue weighted by Crippen LogP contribution is -2.31. The average molecular weight is 484 g/mol. The molecule has 0 fully saturated rings. The van der Waals surface area contributed by atoms with Gasteiger partial charge in [0.15, 0.2) is 11.5 Å². The van der Waals surface area contributed by atoms with E-state index in [0.29, 0.717) is 49.9 Å². The van der Waals surface area contributed by atoms with Gasteiger partial charge in [-0.25, -0.2) is 4.79 Å². The number of aromatic nitrogens is 1. The predicted octanol–water partition coefficient (Wildman–Crippen LogP) is 6.57. The Morgan fingerprint density at radius 1 is 0.848 bits per heavy atom. The topological polar surface area (TPSA) is 86.9 Å². The summed E-state index contributed by atoms with van der Waals surface area (Å²) in [4.78, 5) is 17.8. The number of hydrogen-bond donors (Lipinski definition) is 1. The molecule has 4 aromatic rings. The highest BCUT2D eigenvalue weighted by Crippen LogP contribution is 2.37. The molecule has 168 valence electrons. The van der Waals surface area contributed by atoms with Crippen LogP contribution in [0.5, 0.6) is 23.0 Å². The number of carbonyl (C=O) groups is 1. The molecular formula is C24H19Cl2N3O4. The fourth-order valence-corrected chi connectivity index (χ4v) is 3.91. The largest absolute Gasteiger partial charge is 0.493 e. The second-order valence-corrected chi connectivity index (χ2v) is 7.80. The van der Waals surface area contributed by atoms with Gasteiger partial charge in [-0.05, 0) is 54.6 Å². The van der Waals surface area contributed by atoms with E-state index in [-0.39, 0.29) is 0 Å². The van der Waals surface area contributed by atoms with Crippen LogP contribution in [0.25, 0.3) is 10.9 Å². The lowest BCUT2D eigenvalue weighted by molar-refractivity contribution is 0.256. The zero-order valence-corrected chi connectivity index (χ0v) is 19.2. The number of amides is 2. The van der Waals surface area contributed by atoms with Crippen LogP contribution >= 0.6 is 23.2 Å². The third-order valence-corrected chi connectivity index (χ3v) is 5.29. The van der Waals surface area contributed by atoms with Crippen LogP contribution in [-0.2, 0) is 0 Å². The van der Waals surface area contributed by atoms with Crippen molar-refractivity contribution in [2.75, 3.05) is 19.1 Å². The van der Waals surface area contributed by atoms with Gasteiger partial charge in [0, 0.05) is 27.7 Å². The molecule has 0 aliphatic heterocycles. The monoisotopic (exact) mass is 483 g/mol. The molecule has 33 heavy (non-hydrogen) atoms. The highest BCUT2D eigenvalue weighted by molar-refractivity contribution is 6.35. The van der Waals surface area contributed by atoms with Gasteiger partial charge in [-0.2, -0.15) is 0 Å². The first kappa shape index (κ1) is 22.5. The van der Waals surface area contributed by atoms with Gasteiger partial charge in [0.05, 0.1) is 31.1 Å². The van der Waals surface area contributed by atoms with E-state index in [4.69, 9.17) is 43.1 Å². The van der Waals surface area contributed by atoms with E-state index >= 15 is 0 Å². The van der Waals surface area contributed by atoms with Crippen molar-refractivity contribution in [3.8, 4) is 23.0 Å². The molecule has 0 radical (unpaired) electrons. The summed E-state index contributed by atoms with van der Waals surface area (Å²) >= 11 is 12.2. The molecule has 2 amide bonds. The van der Waals surface area contributed by atoms with Gasteiger partial charge in [-0.1, -0.05) is 23.2 Å². The SMILES string of the molecule is COc1cc2nccc(Oc3ccc(N(C(N)=O)c4cc(Cl)cc(Cl)c4)cc3)c2cc1OC. The highest BCUT2D eigenvalue weighted by atomic mass is 35.5. The molecule has 0 bridgehead atoms. The molecule has 2 N–H and O–H groups in total. The van der Waals surface area contributed by atoms with Crippen LogP contribution in [0, 0.1) is 0 Å². The number of nitrogens with zero attached hydrogens (tertiary/aromatic N) is 2. The minimum absolute atomic E-state index is 0.389. The molecule has 9 heteroatoms. The Labute approximate surface area is 200 Å². The minimum atomic E-state index is -0.678. The standard InChI is InChI=1S/C24H19Cl2N3O4/c1-31-22-12-19-20(13-23(22)32-2)28-8-7-21(19)33-18-5-3-16(4-6-18)29(24(27)30)17-10-14(25)9-15(26)11-17/h3-13H,1-2H3,(H2,27,30). The number of pyridine rings is 1. The molecule has 0 saturated carbocycles. The molecule has 0 aliphatic rings. The van der Waals surface area contributed by atoms with Crippen LogP contribution in [0.4, 0.5) is 16.2 Å². The first-order chi connectivity index (χ1) is 15.9. The Kier molecular flexibility index (Phi) is 6.44. The summed E-state index contributed by atoms with van der Waals surface area (Å²) in [7, 11) is 3.13. The van der Waals surface area contributed by atoms with Gasteiger partial charge in [-0.3, -0.25) is 9.88 Å². The molecule has 1 heterocycles. The van der Waals surface area contributed by atoms with E-state index in [0.717, 1.165) is 5.39 Å². The number of carbonyl (C=O) groups excluding carboxylic acids is 1. The van der Waals surface area contributed by atoms with E-state index in [1.165, 1.54) is 4.90 Å². The third-order valence-electron chi connectivity index (χ3n) is 4.86. The van der Waals surface area contributed by atoms with Gasteiger partial charge >= 0.3 is 6.03 Å². The average Bonchev–Trinajstić information content (AvgIpc) is 2.79. The molecule has 0 aliphatic carbocycles. The Hall–Kier alpha value is -3.68. The zero-order chi connectivity index (χ0) is 23.5. The summed E-state index contributed by atoms with van der Waals surface area (Å²) in [6, 6.07) is 16.3. The van der Waals surface area contributed by atoms with Crippen molar-refractivity contribution in [1.82, 2.24) is 4.98 Å². The second-order valence-electron chi connectivity index (χ2n) is 6.93. The Balaban J connectivity index is 1.66. The summed E-state index contributed by atoms with van der Waals surface area (Å²) in [6.45, 7) is 0. The van der Waals surface area contributed by atoms with E-state index in [1.54, 1.807) is 75.0 Å². The van der Waals surface area contributed by atoms with Gasteiger partial charge in [0.2, 0.25) is 0 Å². The molecule has 3 aromatic carbocycles. The Bertz CT molecular complexity index is 1310. The fraction of sp³-hybridized carbons (Fsp3) is 0.0833. The summed E-state index contributed by atoms with van der Waals surface area (Å²) < 4.78 is 16.8. The van der Waals surface area contributed by atoms with Gasteiger partial charge < -0.3 is 19.9 Å². The lowest BCUT2D eigenvalue weighted by Gasteiger charge is -2.21. The molecule has 0 saturated heterocycles. The summed E-state index contributed by atoms with van der Waals surface area (Å²) in [5.41, 5.74) is 7.29. The quantitative estimate of drug-likeness (QED) is 0.335. The maximum atomic E-state index is 12.2. The second kappa shape index (κ2) is 9.44. The number of benzene rings is 3. The third kappa shape index (κ3) is 4.74. The summed E-state index contributed by atoms with van der Waals surface area (Å²) in [5.74, 6) is 2.28. The Morgan fingerprint density at radius 3 is 2.09 bits per heavy atom. The van der Waals surface area contributed by atoms with Crippen molar-refractivity contribution in [2.24, 2.45) is 5.73 Å². The van der Waals surface area contributed by atoms with E-state index in [9.17, 15) is 4.79 Å². The fourth-order valence-electron chi connectivity index (χ4n) is 3.40. The number of primary amides is 1. The number of urea groups is 1. The van der Waals surface area contributed by atoms with Crippen molar-refractivity contribution in [3.05, 3.63) is 76.9 Å². The van der Waals surface area contributed by atoms with Crippen LogP contribution in [-0.4, -0.2) is 25.2 Å². The maximum Gasteiger partial charge on any atom is 0.323 e. The maximum absolute atomic E-state index is 12.2. The first-order valence-electron chi connectivity index (χ1n) is 9.74. The van der Waals surface area contributed by atoms with Gasteiger partial charge in [0.1, 0.15) is 11.5 Å². The van der Waals surface area contributed by atoms with Crippen molar-refractivity contribution >= 4 is 51.5 Å². The molecule has 0 spiro atoms. The summed E-state index contributed by atoms with van der Waals surface area (Å²) in [6.07, 6.45) is 1.65. The van der Waals surface area contributed by atoms with E-state index in [2.05, 4.69) is 4.98 Å². The first-order valence-corrected chi connectivity index (χ1v) is 10.5. The van der Waals surface area contributed by atoms with Crippen molar-refractivity contribution < 1.29 is 19.0 Å². The van der Waals surface area contributed by atoms with Crippen LogP contribution in [0.3, 0.4) is 0 Å². The van der Waals surface area contributed by atoms with Crippen molar-refractivity contribution in [3.63, 3.8) is 0 Å². The number of nitrogens with two attached hydrogens (primary N) is 1. The van der Waals surface area contributed by atoms with E-state index in [1.807, 2.05) is 6.07 Å².